The van der Waals surface area contributed by atoms with Gasteiger partial charge in [-0.2, -0.15) is 0 Å². The number of carbonyl (C=O) groups excluding carboxylic acids is 1. The van der Waals surface area contributed by atoms with Crippen LogP contribution in [0.3, 0.4) is 0 Å². The molecule has 4 rings (SSSR count). The Morgan fingerprint density at radius 2 is 1.57 bits per heavy atom. The van der Waals surface area contributed by atoms with Gasteiger partial charge in [0, 0.05) is 16.3 Å². The predicted molar refractivity (Wildman–Crippen MR) is 134 cm³/mol. The van der Waals surface area contributed by atoms with Gasteiger partial charge in [0.1, 0.15) is 18.2 Å². The van der Waals surface area contributed by atoms with Crippen LogP contribution >= 0.6 is 11.6 Å². The zero-order chi connectivity index (χ0) is 24.8. The molecule has 35 heavy (non-hydrogen) atoms. The van der Waals surface area contributed by atoms with Crippen LogP contribution in [0.1, 0.15) is 15.9 Å². The Morgan fingerprint density at radius 3 is 2.23 bits per heavy atom. The van der Waals surface area contributed by atoms with E-state index in [4.69, 9.17) is 16.3 Å². The summed E-state index contributed by atoms with van der Waals surface area (Å²) in [6.45, 7) is 0.381. The Morgan fingerprint density at radius 1 is 0.886 bits per heavy atom. The van der Waals surface area contributed by atoms with E-state index in [1.807, 2.05) is 30.3 Å². The second-order valence-corrected chi connectivity index (χ2v) is 9.63. The van der Waals surface area contributed by atoms with Gasteiger partial charge in [0.2, 0.25) is 0 Å². The summed E-state index contributed by atoms with van der Waals surface area (Å²) < 4.78 is 48.1. The number of hydrogen-bond acceptors (Lipinski definition) is 4. The second kappa shape index (κ2) is 10.6. The Kier molecular flexibility index (Phi) is 7.33. The molecule has 0 unspecified atom stereocenters. The van der Waals surface area contributed by atoms with E-state index < -0.39 is 21.7 Å². The third-order valence-electron chi connectivity index (χ3n) is 4.96. The van der Waals surface area contributed by atoms with E-state index >= 15 is 0 Å². The third-order valence-corrected chi connectivity index (χ3v) is 6.59. The lowest BCUT2D eigenvalue weighted by molar-refractivity contribution is 0.102. The van der Waals surface area contributed by atoms with Crippen LogP contribution in [0, 0.1) is 5.82 Å². The van der Waals surface area contributed by atoms with E-state index in [-0.39, 0.29) is 21.8 Å². The van der Waals surface area contributed by atoms with Crippen molar-refractivity contribution in [3.05, 3.63) is 119 Å². The highest BCUT2D eigenvalue weighted by Crippen LogP contribution is 2.24. The molecule has 9 heteroatoms. The molecule has 0 atom stereocenters. The summed E-state index contributed by atoms with van der Waals surface area (Å²) >= 11 is 5.80. The van der Waals surface area contributed by atoms with Crippen molar-refractivity contribution in [2.24, 2.45) is 0 Å². The lowest BCUT2D eigenvalue weighted by Gasteiger charge is -2.11. The lowest BCUT2D eigenvalue weighted by atomic mass is 10.2. The maximum atomic E-state index is 14.6. The molecule has 0 aliphatic heterocycles. The standard InChI is InChI=1S/C26H20ClFN2O4S/c27-20-8-6-19(7-9-20)26(31)29-25-15-14-23(16-24(25)28)35(32,33)30-21-10-12-22(13-11-21)34-17-18-4-2-1-3-5-18/h1-16,30H,17H2,(H,29,31). The van der Waals surface area contributed by atoms with Crippen LogP contribution in [0.25, 0.3) is 0 Å². The molecule has 0 heterocycles. The molecule has 0 aromatic heterocycles. The Bertz CT molecular complexity index is 1430. The van der Waals surface area contributed by atoms with Gasteiger partial charge in [-0.15, -0.1) is 0 Å². The fourth-order valence-electron chi connectivity index (χ4n) is 3.13. The maximum absolute atomic E-state index is 14.6. The molecule has 0 spiro atoms. The first-order valence-corrected chi connectivity index (χ1v) is 12.3. The van der Waals surface area contributed by atoms with Gasteiger partial charge >= 0.3 is 0 Å². The molecule has 6 nitrogen and oxygen atoms in total. The number of carbonyl (C=O) groups is 1. The van der Waals surface area contributed by atoms with E-state index in [1.165, 1.54) is 36.4 Å². The number of amides is 1. The molecular weight excluding hydrogens is 491 g/mol. The number of hydrogen-bond donors (Lipinski definition) is 2. The van der Waals surface area contributed by atoms with Crippen LogP contribution in [0.4, 0.5) is 15.8 Å². The predicted octanol–water partition coefficient (Wildman–Crippen LogP) is 6.11. The van der Waals surface area contributed by atoms with Crippen molar-refractivity contribution >= 4 is 38.9 Å². The fraction of sp³-hybridized carbons (Fsp3) is 0.0385. The largest absolute Gasteiger partial charge is 0.489 e. The van der Waals surface area contributed by atoms with E-state index in [0.29, 0.717) is 17.4 Å². The van der Waals surface area contributed by atoms with Gasteiger partial charge in [0.15, 0.2) is 0 Å². The molecule has 0 radical (unpaired) electrons. The highest BCUT2D eigenvalue weighted by Gasteiger charge is 2.18. The van der Waals surface area contributed by atoms with Crippen molar-refractivity contribution in [1.29, 1.82) is 0 Å². The van der Waals surface area contributed by atoms with Crippen LogP contribution < -0.4 is 14.8 Å². The molecule has 0 saturated carbocycles. The van der Waals surface area contributed by atoms with Gasteiger partial charge in [0.05, 0.1) is 10.6 Å². The first kappa shape index (κ1) is 24.3. The summed E-state index contributed by atoms with van der Waals surface area (Å²) in [5.74, 6) is -0.868. The SMILES string of the molecule is O=C(Nc1ccc(S(=O)(=O)Nc2ccc(OCc3ccccc3)cc2)cc1F)c1ccc(Cl)cc1. The minimum atomic E-state index is -4.06. The number of halogens is 2. The van der Waals surface area contributed by atoms with Gasteiger partial charge in [-0.25, -0.2) is 12.8 Å². The molecule has 2 N–H and O–H groups in total. The van der Waals surface area contributed by atoms with Gasteiger partial charge in [-0.1, -0.05) is 41.9 Å². The van der Waals surface area contributed by atoms with Crippen molar-refractivity contribution in [3.8, 4) is 5.75 Å². The zero-order valence-electron chi connectivity index (χ0n) is 18.2. The van der Waals surface area contributed by atoms with Crippen LogP contribution in [0.5, 0.6) is 5.75 Å². The maximum Gasteiger partial charge on any atom is 0.261 e. The fourth-order valence-corrected chi connectivity index (χ4v) is 4.33. The van der Waals surface area contributed by atoms with Crippen molar-refractivity contribution < 1.29 is 22.3 Å². The summed E-state index contributed by atoms with van der Waals surface area (Å²) in [5, 5.41) is 2.88. The summed E-state index contributed by atoms with van der Waals surface area (Å²) in [7, 11) is -4.06. The minimum absolute atomic E-state index is 0.149. The van der Waals surface area contributed by atoms with E-state index in [2.05, 4.69) is 10.0 Å². The normalized spacial score (nSPS) is 11.0. The van der Waals surface area contributed by atoms with Crippen LogP contribution in [-0.2, 0) is 16.6 Å². The van der Waals surface area contributed by atoms with E-state index in [9.17, 15) is 17.6 Å². The molecule has 178 valence electrons. The van der Waals surface area contributed by atoms with E-state index in [0.717, 1.165) is 11.6 Å². The quantitative estimate of drug-likeness (QED) is 0.299. The summed E-state index contributed by atoms with van der Waals surface area (Å²) in [5.41, 5.74) is 1.43. The highest BCUT2D eigenvalue weighted by atomic mass is 35.5. The number of anilines is 2. The lowest BCUT2D eigenvalue weighted by Crippen LogP contribution is -2.15. The Balaban J connectivity index is 1.40. The van der Waals surface area contributed by atoms with Gasteiger partial charge in [-0.3, -0.25) is 9.52 Å². The minimum Gasteiger partial charge on any atom is -0.489 e. The molecular formula is C26H20ClFN2O4S. The number of ether oxygens (including phenoxy) is 1. The van der Waals surface area contributed by atoms with Gasteiger partial charge in [0.25, 0.3) is 15.9 Å². The van der Waals surface area contributed by atoms with Crippen molar-refractivity contribution in [1.82, 2.24) is 0 Å². The zero-order valence-corrected chi connectivity index (χ0v) is 19.8. The first-order valence-electron chi connectivity index (χ1n) is 10.5. The monoisotopic (exact) mass is 510 g/mol. The van der Waals surface area contributed by atoms with Crippen LogP contribution in [-0.4, -0.2) is 14.3 Å². The van der Waals surface area contributed by atoms with E-state index in [1.54, 1.807) is 24.3 Å². The molecule has 0 fully saturated rings. The Labute approximate surface area is 207 Å². The van der Waals surface area contributed by atoms with Crippen molar-refractivity contribution in [2.45, 2.75) is 11.5 Å². The number of benzene rings is 4. The number of rotatable bonds is 8. The molecule has 4 aromatic carbocycles. The number of sulfonamides is 1. The smallest absolute Gasteiger partial charge is 0.261 e. The molecule has 0 aliphatic carbocycles. The van der Waals surface area contributed by atoms with Crippen LogP contribution in [0.2, 0.25) is 5.02 Å². The molecule has 0 aliphatic rings. The summed E-state index contributed by atoms with van der Waals surface area (Å²) in [6.07, 6.45) is 0. The molecule has 4 aromatic rings. The molecule has 1 amide bonds. The molecule has 0 bridgehead atoms. The summed E-state index contributed by atoms with van der Waals surface area (Å²) in [6, 6.07) is 25.3. The average molecular weight is 511 g/mol. The second-order valence-electron chi connectivity index (χ2n) is 7.51. The van der Waals surface area contributed by atoms with Gasteiger partial charge < -0.3 is 10.1 Å². The number of nitrogens with one attached hydrogen (secondary N) is 2. The Hall–Kier alpha value is -3.88. The van der Waals surface area contributed by atoms with Crippen molar-refractivity contribution in [3.63, 3.8) is 0 Å². The van der Waals surface area contributed by atoms with Crippen LogP contribution in [0.15, 0.2) is 102 Å². The first-order chi connectivity index (χ1) is 16.8. The highest BCUT2D eigenvalue weighted by molar-refractivity contribution is 7.92. The molecule has 0 saturated heterocycles. The topological polar surface area (TPSA) is 84.5 Å². The summed E-state index contributed by atoms with van der Waals surface area (Å²) in [4.78, 5) is 12.0. The van der Waals surface area contributed by atoms with Gasteiger partial charge in [-0.05, 0) is 72.3 Å². The average Bonchev–Trinajstić information content (AvgIpc) is 2.85. The van der Waals surface area contributed by atoms with Crippen molar-refractivity contribution in [2.75, 3.05) is 10.0 Å². The third kappa shape index (κ3) is 6.38.